The van der Waals surface area contributed by atoms with Gasteiger partial charge in [-0.25, -0.2) is 9.18 Å². The first-order valence-electron chi connectivity index (χ1n) is 10.3. The van der Waals surface area contributed by atoms with Crippen molar-refractivity contribution in [3.8, 4) is 17.6 Å². The quantitative estimate of drug-likeness (QED) is 0.342. The molecule has 1 amide bonds. The lowest BCUT2D eigenvalue weighted by Gasteiger charge is -2.13. The van der Waals surface area contributed by atoms with Crippen molar-refractivity contribution >= 4 is 23.6 Å². The van der Waals surface area contributed by atoms with Gasteiger partial charge in [0.1, 0.15) is 24.1 Å². The third-order valence-corrected chi connectivity index (χ3v) is 4.66. The zero-order valence-corrected chi connectivity index (χ0v) is 18.2. The fourth-order valence-electron chi connectivity index (χ4n) is 2.97. The van der Waals surface area contributed by atoms with E-state index < -0.39 is 17.7 Å². The van der Waals surface area contributed by atoms with E-state index in [1.807, 2.05) is 6.07 Å². The maximum atomic E-state index is 13.8. The number of benzene rings is 3. The highest BCUT2D eigenvalue weighted by Crippen LogP contribution is 2.30. The Morgan fingerprint density at radius 3 is 2.44 bits per heavy atom. The molecule has 0 aliphatic carbocycles. The van der Waals surface area contributed by atoms with Gasteiger partial charge in [0.15, 0.2) is 11.5 Å². The van der Waals surface area contributed by atoms with Gasteiger partial charge in [-0.05, 0) is 60.5 Å². The zero-order chi connectivity index (χ0) is 24.5. The summed E-state index contributed by atoms with van der Waals surface area (Å²) < 4.78 is 25.3. The number of ether oxygens (including phenoxy) is 2. The number of para-hydroxylation sites is 1. The number of hydrogen-bond acceptors (Lipinski definition) is 5. The van der Waals surface area contributed by atoms with E-state index in [9.17, 15) is 19.2 Å². The molecule has 0 unspecified atom stereocenters. The van der Waals surface area contributed by atoms with Crippen LogP contribution >= 0.6 is 0 Å². The first-order chi connectivity index (χ1) is 16.4. The first-order valence-corrected chi connectivity index (χ1v) is 10.3. The molecular weight excluding hydrogens is 439 g/mol. The Bertz CT molecular complexity index is 1260. The second-order valence-electron chi connectivity index (χ2n) is 7.03. The molecule has 8 heteroatoms. The van der Waals surface area contributed by atoms with Crippen LogP contribution in [0.15, 0.2) is 72.3 Å². The molecule has 3 aromatic carbocycles. The zero-order valence-electron chi connectivity index (χ0n) is 18.2. The molecule has 2 N–H and O–H groups in total. The van der Waals surface area contributed by atoms with Crippen molar-refractivity contribution in [1.29, 1.82) is 5.26 Å². The number of carbonyl (C=O) groups is 2. The maximum Gasteiger partial charge on any atom is 0.335 e. The van der Waals surface area contributed by atoms with Crippen molar-refractivity contribution in [2.24, 2.45) is 0 Å². The summed E-state index contributed by atoms with van der Waals surface area (Å²) in [4.78, 5) is 23.4. The highest BCUT2D eigenvalue weighted by atomic mass is 19.1. The Hall–Kier alpha value is -4.64. The Balaban J connectivity index is 1.77. The van der Waals surface area contributed by atoms with Crippen LogP contribution in [0.4, 0.5) is 10.1 Å². The van der Waals surface area contributed by atoms with Crippen molar-refractivity contribution in [2.45, 2.75) is 13.5 Å². The molecule has 0 fully saturated rings. The second-order valence-corrected chi connectivity index (χ2v) is 7.03. The Morgan fingerprint density at radius 1 is 1.06 bits per heavy atom. The second kappa shape index (κ2) is 11.3. The highest BCUT2D eigenvalue weighted by Gasteiger charge is 2.13. The number of nitrogens with zero attached hydrogens (tertiary/aromatic N) is 1. The molecule has 3 aromatic rings. The fourth-order valence-corrected chi connectivity index (χ4v) is 2.97. The van der Waals surface area contributed by atoms with Crippen LogP contribution in [0.2, 0.25) is 0 Å². The van der Waals surface area contributed by atoms with Gasteiger partial charge in [0.25, 0.3) is 5.91 Å². The number of halogens is 1. The van der Waals surface area contributed by atoms with Crippen LogP contribution in [0.25, 0.3) is 6.08 Å². The van der Waals surface area contributed by atoms with E-state index in [1.54, 1.807) is 43.3 Å². The van der Waals surface area contributed by atoms with E-state index in [4.69, 9.17) is 14.6 Å². The number of carboxylic acid groups (broad SMARTS) is 1. The number of nitriles is 1. The molecule has 0 aliphatic heterocycles. The minimum Gasteiger partial charge on any atom is -0.490 e. The molecule has 0 aliphatic rings. The normalized spacial score (nSPS) is 10.8. The molecule has 172 valence electrons. The molecule has 0 atom stereocenters. The topological polar surface area (TPSA) is 109 Å². The van der Waals surface area contributed by atoms with Crippen LogP contribution in [-0.2, 0) is 11.4 Å². The monoisotopic (exact) mass is 460 g/mol. The Labute approximate surface area is 195 Å². The summed E-state index contributed by atoms with van der Waals surface area (Å²) in [6, 6.07) is 18.7. The van der Waals surface area contributed by atoms with Gasteiger partial charge < -0.3 is 19.9 Å². The van der Waals surface area contributed by atoms with Crippen molar-refractivity contribution in [2.75, 3.05) is 11.9 Å². The van der Waals surface area contributed by atoms with Gasteiger partial charge in [-0.2, -0.15) is 5.26 Å². The van der Waals surface area contributed by atoms with Gasteiger partial charge in [-0.1, -0.05) is 30.3 Å². The van der Waals surface area contributed by atoms with Crippen LogP contribution in [0.1, 0.15) is 28.4 Å². The Morgan fingerprint density at radius 2 is 1.79 bits per heavy atom. The molecule has 0 radical (unpaired) electrons. The fraction of sp³-hybridized carbons (Fsp3) is 0.115. The van der Waals surface area contributed by atoms with Crippen molar-refractivity contribution in [3.05, 3.63) is 94.8 Å². The highest BCUT2D eigenvalue weighted by molar-refractivity contribution is 6.09. The molecule has 0 bridgehead atoms. The third kappa shape index (κ3) is 6.20. The van der Waals surface area contributed by atoms with Crippen molar-refractivity contribution in [1.82, 2.24) is 0 Å². The van der Waals surface area contributed by atoms with Gasteiger partial charge in [-0.15, -0.1) is 0 Å². The molecular formula is C26H21FN2O5. The van der Waals surface area contributed by atoms with Gasteiger partial charge >= 0.3 is 5.97 Å². The number of amides is 1. The van der Waals surface area contributed by atoms with E-state index in [2.05, 4.69) is 5.32 Å². The first kappa shape index (κ1) is 24.0. The predicted molar refractivity (Wildman–Crippen MR) is 124 cm³/mol. The molecule has 0 saturated heterocycles. The lowest BCUT2D eigenvalue weighted by molar-refractivity contribution is -0.112. The van der Waals surface area contributed by atoms with E-state index in [0.717, 1.165) is 5.56 Å². The SMILES string of the molecule is CCOc1cc(/C=C(/C#N)C(=O)Nc2ccccc2F)ccc1OCc1ccc(C(=O)O)cc1. The van der Waals surface area contributed by atoms with Gasteiger partial charge in [0.2, 0.25) is 0 Å². The standard InChI is InChI=1S/C26H21FN2O5/c1-2-33-24-14-18(13-20(15-28)25(30)29-22-6-4-3-5-21(22)27)9-12-23(24)34-16-17-7-10-19(11-8-17)26(31)32/h3-14H,2,16H2,1H3,(H,29,30)(H,31,32)/b20-13-. The Kier molecular flexibility index (Phi) is 7.97. The maximum absolute atomic E-state index is 13.8. The summed E-state index contributed by atoms with van der Waals surface area (Å²) >= 11 is 0. The summed E-state index contributed by atoms with van der Waals surface area (Å²) in [5.74, 6) is -1.50. The number of nitrogens with one attached hydrogen (secondary N) is 1. The van der Waals surface area contributed by atoms with Crippen LogP contribution in [0.3, 0.4) is 0 Å². The molecule has 0 spiro atoms. The number of carbonyl (C=O) groups excluding carboxylic acids is 1. The van der Waals surface area contributed by atoms with Gasteiger partial charge in [0.05, 0.1) is 17.9 Å². The average molecular weight is 460 g/mol. The van der Waals surface area contributed by atoms with E-state index in [1.165, 1.54) is 36.4 Å². The number of anilines is 1. The van der Waals surface area contributed by atoms with Crippen LogP contribution < -0.4 is 14.8 Å². The molecule has 34 heavy (non-hydrogen) atoms. The molecule has 0 heterocycles. The van der Waals surface area contributed by atoms with E-state index in [0.29, 0.717) is 23.7 Å². The summed E-state index contributed by atoms with van der Waals surface area (Å²) in [6.45, 7) is 2.35. The third-order valence-electron chi connectivity index (χ3n) is 4.66. The molecule has 3 rings (SSSR count). The van der Waals surface area contributed by atoms with Crippen LogP contribution in [0, 0.1) is 17.1 Å². The molecule has 7 nitrogen and oxygen atoms in total. The summed E-state index contributed by atoms with van der Waals surface area (Å²) in [5.41, 5.74) is 1.23. The summed E-state index contributed by atoms with van der Waals surface area (Å²) in [7, 11) is 0. The van der Waals surface area contributed by atoms with Crippen LogP contribution in [0.5, 0.6) is 11.5 Å². The van der Waals surface area contributed by atoms with Crippen LogP contribution in [-0.4, -0.2) is 23.6 Å². The minimum absolute atomic E-state index is 0.0243. The van der Waals surface area contributed by atoms with Crippen molar-refractivity contribution in [3.63, 3.8) is 0 Å². The summed E-state index contributed by atoms with van der Waals surface area (Å²) in [6.07, 6.45) is 1.37. The average Bonchev–Trinajstić information content (AvgIpc) is 2.83. The number of rotatable bonds is 9. The lowest BCUT2D eigenvalue weighted by Crippen LogP contribution is -2.14. The number of hydrogen-bond donors (Lipinski definition) is 2. The number of aromatic carboxylic acids is 1. The number of carboxylic acids is 1. The predicted octanol–water partition coefficient (Wildman–Crippen LogP) is 5.05. The largest absolute Gasteiger partial charge is 0.490 e. The molecule has 0 saturated carbocycles. The van der Waals surface area contributed by atoms with E-state index in [-0.39, 0.29) is 23.4 Å². The van der Waals surface area contributed by atoms with E-state index >= 15 is 0 Å². The van der Waals surface area contributed by atoms with Crippen molar-refractivity contribution < 1.29 is 28.6 Å². The van der Waals surface area contributed by atoms with Gasteiger partial charge in [0, 0.05) is 0 Å². The smallest absolute Gasteiger partial charge is 0.335 e. The summed E-state index contributed by atoms with van der Waals surface area (Å²) in [5, 5.41) is 20.8. The molecule has 0 aromatic heterocycles. The minimum atomic E-state index is -1.01. The van der Waals surface area contributed by atoms with Gasteiger partial charge in [-0.3, -0.25) is 4.79 Å². The lowest BCUT2D eigenvalue weighted by atomic mass is 10.1.